The van der Waals surface area contributed by atoms with Gasteiger partial charge in [-0.2, -0.15) is 0 Å². The van der Waals surface area contributed by atoms with Crippen LogP contribution in [0.2, 0.25) is 0 Å². The molecular formula is C22H26N4O5S. The van der Waals surface area contributed by atoms with Gasteiger partial charge >= 0.3 is 5.69 Å². The summed E-state index contributed by atoms with van der Waals surface area (Å²) in [7, 11) is -0.847. The summed E-state index contributed by atoms with van der Waals surface area (Å²) in [6.45, 7) is 3.31. The fraction of sp³-hybridized carbons (Fsp3) is 0.364. The van der Waals surface area contributed by atoms with Gasteiger partial charge in [0, 0.05) is 27.2 Å². The SMILES string of the molecule is Cc1ccc(N(CC(=O)N2CCOCC2)S(=O)(=O)c2ccc3c(c2)n(C)c(=O)n3C)cc1. The Morgan fingerprint density at radius 3 is 2.28 bits per heavy atom. The van der Waals surface area contributed by atoms with Gasteiger partial charge < -0.3 is 9.64 Å². The number of ether oxygens (including phenoxy) is 1. The second-order valence-corrected chi connectivity index (χ2v) is 9.75. The van der Waals surface area contributed by atoms with E-state index < -0.39 is 10.0 Å². The highest BCUT2D eigenvalue weighted by Gasteiger charge is 2.30. The van der Waals surface area contributed by atoms with Gasteiger partial charge in [-0.15, -0.1) is 0 Å². The first-order valence-electron chi connectivity index (χ1n) is 10.3. The number of carbonyl (C=O) groups is 1. The Bertz CT molecular complexity index is 1320. The van der Waals surface area contributed by atoms with Crippen molar-refractivity contribution >= 4 is 32.7 Å². The molecule has 170 valence electrons. The summed E-state index contributed by atoms with van der Waals surface area (Å²) in [4.78, 5) is 26.8. The maximum atomic E-state index is 13.7. The van der Waals surface area contributed by atoms with Gasteiger partial charge in [-0.25, -0.2) is 13.2 Å². The molecule has 0 spiro atoms. The number of nitrogens with zero attached hydrogens (tertiary/aromatic N) is 4. The molecule has 0 aliphatic carbocycles. The Labute approximate surface area is 186 Å². The lowest BCUT2D eigenvalue weighted by molar-refractivity contribution is -0.133. The standard InChI is InChI=1S/C22H26N4O5S/c1-16-4-6-17(7-5-16)26(15-21(27)25-10-12-31-13-11-25)32(29,30)18-8-9-19-20(14-18)24(3)22(28)23(19)2/h4-9,14H,10-13,15H2,1-3H3. The van der Waals surface area contributed by atoms with Gasteiger partial charge in [-0.05, 0) is 37.3 Å². The monoisotopic (exact) mass is 458 g/mol. The largest absolute Gasteiger partial charge is 0.378 e. The van der Waals surface area contributed by atoms with Crippen LogP contribution in [0.1, 0.15) is 5.56 Å². The molecule has 0 bridgehead atoms. The Kier molecular flexibility index (Phi) is 5.83. The van der Waals surface area contributed by atoms with Crippen molar-refractivity contribution in [3.8, 4) is 0 Å². The number of rotatable bonds is 5. The maximum Gasteiger partial charge on any atom is 0.328 e. The predicted molar refractivity (Wildman–Crippen MR) is 121 cm³/mol. The van der Waals surface area contributed by atoms with Crippen LogP contribution >= 0.6 is 0 Å². The third-order valence-electron chi connectivity index (χ3n) is 5.80. The Morgan fingerprint density at radius 1 is 1.00 bits per heavy atom. The van der Waals surface area contributed by atoms with Crippen LogP contribution in [-0.4, -0.2) is 61.2 Å². The average Bonchev–Trinajstić information content (AvgIpc) is 3.02. The zero-order valence-electron chi connectivity index (χ0n) is 18.3. The predicted octanol–water partition coefficient (Wildman–Crippen LogP) is 1.24. The van der Waals surface area contributed by atoms with Crippen LogP contribution in [0.3, 0.4) is 0 Å². The van der Waals surface area contributed by atoms with Crippen molar-refractivity contribution in [2.24, 2.45) is 14.1 Å². The smallest absolute Gasteiger partial charge is 0.328 e. The molecule has 3 aromatic rings. The number of benzene rings is 2. The van der Waals surface area contributed by atoms with Gasteiger partial charge in [0.05, 0.1) is 34.8 Å². The fourth-order valence-corrected chi connectivity index (χ4v) is 5.27. The van der Waals surface area contributed by atoms with Crippen molar-refractivity contribution in [2.45, 2.75) is 11.8 Å². The van der Waals surface area contributed by atoms with Crippen LogP contribution < -0.4 is 9.99 Å². The molecule has 1 amide bonds. The topological polar surface area (TPSA) is 93.8 Å². The zero-order valence-corrected chi connectivity index (χ0v) is 19.1. The minimum atomic E-state index is -4.08. The molecule has 2 heterocycles. The third-order valence-corrected chi connectivity index (χ3v) is 7.57. The number of sulfonamides is 1. The number of anilines is 1. The normalized spacial score (nSPS) is 14.7. The van der Waals surface area contributed by atoms with Gasteiger partial charge in [0.25, 0.3) is 10.0 Å². The van der Waals surface area contributed by atoms with Gasteiger partial charge in [-0.1, -0.05) is 17.7 Å². The van der Waals surface area contributed by atoms with E-state index in [1.807, 2.05) is 6.92 Å². The second-order valence-electron chi connectivity index (χ2n) is 7.89. The molecule has 1 aliphatic rings. The number of hydrogen-bond donors (Lipinski definition) is 0. The highest BCUT2D eigenvalue weighted by molar-refractivity contribution is 7.92. The van der Waals surface area contributed by atoms with Crippen molar-refractivity contribution in [2.75, 3.05) is 37.2 Å². The minimum absolute atomic E-state index is 0.0153. The van der Waals surface area contributed by atoms with Crippen LogP contribution in [0.25, 0.3) is 11.0 Å². The zero-order chi connectivity index (χ0) is 23.0. The van der Waals surface area contributed by atoms with Crippen molar-refractivity contribution in [3.63, 3.8) is 0 Å². The Morgan fingerprint density at radius 2 is 1.62 bits per heavy atom. The molecule has 1 aliphatic heterocycles. The highest BCUT2D eigenvalue weighted by atomic mass is 32.2. The molecule has 0 saturated carbocycles. The fourth-order valence-electron chi connectivity index (χ4n) is 3.84. The third kappa shape index (κ3) is 3.91. The first-order valence-corrected chi connectivity index (χ1v) is 11.7. The molecule has 2 aromatic carbocycles. The van der Waals surface area contributed by atoms with Gasteiger partial charge in [0.2, 0.25) is 5.91 Å². The molecular weight excluding hydrogens is 432 g/mol. The van der Waals surface area contributed by atoms with Crippen LogP contribution in [0.5, 0.6) is 0 Å². The second kappa shape index (κ2) is 8.44. The Balaban J connectivity index is 1.77. The molecule has 0 N–H and O–H groups in total. The summed E-state index contributed by atoms with van der Waals surface area (Å²) in [5.41, 5.74) is 2.27. The molecule has 4 rings (SSSR count). The number of morpholine rings is 1. The van der Waals surface area contributed by atoms with E-state index in [-0.39, 0.29) is 23.0 Å². The summed E-state index contributed by atoms with van der Waals surface area (Å²) in [6.07, 6.45) is 0. The molecule has 1 aromatic heterocycles. The lowest BCUT2D eigenvalue weighted by Gasteiger charge is -2.30. The van der Waals surface area contributed by atoms with E-state index >= 15 is 0 Å². The molecule has 9 nitrogen and oxygen atoms in total. The van der Waals surface area contributed by atoms with Crippen molar-refractivity contribution in [1.29, 1.82) is 0 Å². The van der Waals surface area contributed by atoms with E-state index in [1.54, 1.807) is 49.3 Å². The first kappa shape index (κ1) is 22.1. The average molecular weight is 459 g/mol. The number of imidazole rings is 1. The number of aryl methyl sites for hydroxylation is 3. The Hall–Kier alpha value is -3.11. The van der Waals surface area contributed by atoms with Crippen molar-refractivity contribution < 1.29 is 17.9 Å². The van der Waals surface area contributed by atoms with Crippen molar-refractivity contribution in [3.05, 3.63) is 58.5 Å². The number of amides is 1. The minimum Gasteiger partial charge on any atom is -0.378 e. The molecule has 1 saturated heterocycles. The van der Waals surface area contributed by atoms with Crippen molar-refractivity contribution in [1.82, 2.24) is 14.0 Å². The molecule has 10 heteroatoms. The van der Waals surface area contributed by atoms with E-state index in [9.17, 15) is 18.0 Å². The van der Waals surface area contributed by atoms with Crippen LogP contribution in [0.4, 0.5) is 5.69 Å². The molecule has 0 radical (unpaired) electrons. The summed E-state index contributed by atoms with van der Waals surface area (Å²) in [5, 5.41) is 0. The van der Waals surface area contributed by atoms with E-state index in [0.29, 0.717) is 43.0 Å². The summed E-state index contributed by atoms with van der Waals surface area (Å²) >= 11 is 0. The van der Waals surface area contributed by atoms with E-state index in [1.165, 1.54) is 21.3 Å². The maximum absolute atomic E-state index is 13.7. The number of carbonyl (C=O) groups excluding carboxylic acids is 1. The number of fused-ring (bicyclic) bond motifs is 1. The van der Waals surface area contributed by atoms with Crippen LogP contribution in [-0.2, 0) is 33.7 Å². The molecule has 32 heavy (non-hydrogen) atoms. The van der Waals surface area contributed by atoms with Crippen LogP contribution in [0.15, 0.2) is 52.2 Å². The van der Waals surface area contributed by atoms with E-state index in [4.69, 9.17) is 4.74 Å². The van der Waals surface area contributed by atoms with Gasteiger partial charge in [0.1, 0.15) is 6.54 Å². The van der Waals surface area contributed by atoms with Gasteiger partial charge in [0.15, 0.2) is 0 Å². The quantitative estimate of drug-likeness (QED) is 0.574. The molecule has 1 fully saturated rings. The van der Waals surface area contributed by atoms with E-state index in [0.717, 1.165) is 9.87 Å². The first-order chi connectivity index (χ1) is 15.2. The summed E-state index contributed by atoms with van der Waals surface area (Å²) < 4.78 is 36.7. The van der Waals surface area contributed by atoms with E-state index in [2.05, 4.69) is 0 Å². The lowest BCUT2D eigenvalue weighted by atomic mass is 10.2. The summed E-state index contributed by atoms with van der Waals surface area (Å²) in [5.74, 6) is -0.286. The number of aromatic nitrogens is 2. The molecule has 0 atom stereocenters. The molecule has 0 unspecified atom stereocenters. The van der Waals surface area contributed by atoms with Crippen LogP contribution in [0, 0.1) is 6.92 Å². The van der Waals surface area contributed by atoms with Gasteiger partial charge in [-0.3, -0.25) is 18.2 Å². The number of hydrogen-bond acceptors (Lipinski definition) is 5. The summed E-state index contributed by atoms with van der Waals surface area (Å²) in [6, 6.07) is 11.6. The highest BCUT2D eigenvalue weighted by Crippen LogP contribution is 2.26. The lowest BCUT2D eigenvalue weighted by Crippen LogP contribution is -2.47.